The Bertz CT molecular complexity index is 1370. The van der Waals surface area contributed by atoms with Gasteiger partial charge >= 0.3 is 5.97 Å². The molecule has 9 nitrogen and oxygen atoms in total. The van der Waals surface area contributed by atoms with Crippen molar-refractivity contribution in [1.82, 2.24) is 0 Å². The fourth-order valence-electron chi connectivity index (χ4n) is 4.38. The maximum Gasteiger partial charge on any atom is 0.306 e. The minimum atomic E-state index is -4.79. The first kappa shape index (κ1) is 24.3. The number of carbonyl (C=O) groups is 1. The van der Waals surface area contributed by atoms with Gasteiger partial charge in [-0.15, -0.1) is 0 Å². The van der Waals surface area contributed by atoms with E-state index in [9.17, 15) is 35.8 Å². The topological polar surface area (TPSA) is 149 Å². The van der Waals surface area contributed by atoms with E-state index < -0.39 is 47.3 Å². The molecule has 1 atom stereocenters. The molecule has 2 aromatic rings. The summed E-state index contributed by atoms with van der Waals surface area (Å²) >= 11 is 0. The molecule has 0 saturated carbocycles. The third-order valence-corrected chi connectivity index (χ3v) is 8.12. The number of rotatable bonds is 7. The lowest BCUT2D eigenvalue weighted by Crippen LogP contribution is -2.28. The van der Waals surface area contributed by atoms with Gasteiger partial charge in [0.25, 0.3) is 20.2 Å². The van der Waals surface area contributed by atoms with Crippen LogP contribution in [0.25, 0.3) is 10.8 Å². The van der Waals surface area contributed by atoms with E-state index in [1.165, 1.54) is 12.1 Å². The Hall–Kier alpha value is -2.34. The highest BCUT2D eigenvalue weighted by Crippen LogP contribution is 2.45. The van der Waals surface area contributed by atoms with Gasteiger partial charge in [-0.25, -0.2) is 0 Å². The van der Waals surface area contributed by atoms with Crippen molar-refractivity contribution in [2.24, 2.45) is 5.92 Å². The van der Waals surface area contributed by atoms with Gasteiger partial charge in [0.15, 0.2) is 5.71 Å². The predicted octanol–water partition coefficient (Wildman–Crippen LogP) is 3.23. The van der Waals surface area contributed by atoms with Gasteiger partial charge in [-0.3, -0.25) is 13.9 Å². The SMILES string of the molecule is CCC(CC[N+]1=C(C)C(C)(C)c2c1ccc1c(S(=O)(=O)O)cc(S(=O)(=O)O)cc21)C(=O)O. The Balaban J connectivity index is 2.31. The number of hydrogen-bond donors (Lipinski definition) is 3. The molecule has 0 bridgehead atoms. The summed E-state index contributed by atoms with van der Waals surface area (Å²) in [5.41, 5.74) is 1.54. The van der Waals surface area contributed by atoms with Crippen LogP contribution in [0.15, 0.2) is 34.1 Å². The zero-order valence-electron chi connectivity index (χ0n) is 18.2. The minimum Gasteiger partial charge on any atom is -0.481 e. The Morgan fingerprint density at radius 1 is 1.06 bits per heavy atom. The molecule has 0 fully saturated rings. The third-order valence-electron chi connectivity index (χ3n) is 6.39. The van der Waals surface area contributed by atoms with Gasteiger partial charge in [0.05, 0.1) is 16.2 Å². The van der Waals surface area contributed by atoms with Gasteiger partial charge in [-0.1, -0.05) is 6.92 Å². The predicted molar refractivity (Wildman–Crippen MR) is 118 cm³/mol. The van der Waals surface area contributed by atoms with Gasteiger partial charge < -0.3 is 5.11 Å². The molecular weight excluding hydrogens is 458 g/mol. The van der Waals surface area contributed by atoms with E-state index in [0.29, 0.717) is 30.6 Å². The maximum atomic E-state index is 12.0. The number of benzene rings is 2. The third kappa shape index (κ3) is 4.05. The highest BCUT2D eigenvalue weighted by Gasteiger charge is 2.45. The number of aliphatic carboxylic acids is 1. The van der Waals surface area contributed by atoms with Crippen molar-refractivity contribution >= 4 is 48.4 Å². The summed E-state index contributed by atoms with van der Waals surface area (Å²) < 4.78 is 68.9. The molecule has 1 aliphatic heterocycles. The number of fused-ring (bicyclic) bond motifs is 3. The van der Waals surface area contributed by atoms with Crippen molar-refractivity contribution in [3.63, 3.8) is 0 Å². The Morgan fingerprint density at radius 2 is 1.69 bits per heavy atom. The molecule has 1 heterocycles. The average molecular weight is 485 g/mol. The molecule has 3 N–H and O–H groups in total. The molecule has 0 amide bonds. The minimum absolute atomic E-state index is 0.123. The smallest absolute Gasteiger partial charge is 0.306 e. The van der Waals surface area contributed by atoms with Crippen LogP contribution < -0.4 is 0 Å². The van der Waals surface area contributed by atoms with Crippen LogP contribution >= 0.6 is 0 Å². The molecule has 1 unspecified atom stereocenters. The summed E-state index contributed by atoms with van der Waals surface area (Å²) in [5.74, 6) is -1.40. The highest BCUT2D eigenvalue weighted by molar-refractivity contribution is 7.86. The fourth-order valence-corrected chi connectivity index (χ4v) is 5.72. The van der Waals surface area contributed by atoms with E-state index in [0.717, 1.165) is 11.8 Å². The normalized spacial score (nSPS) is 16.9. The second-order valence-electron chi connectivity index (χ2n) is 8.52. The molecule has 2 aromatic carbocycles. The molecule has 11 heteroatoms. The molecule has 32 heavy (non-hydrogen) atoms. The van der Waals surface area contributed by atoms with Gasteiger partial charge in [0.2, 0.25) is 5.69 Å². The van der Waals surface area contributed by atoms with Gasteiger partial charge in [0, 0.05) is 30.4 Å². The molecule has 0 spiro atoms. The van der Waals surface area contributed by atoms with Crippen LogP contribution in [-0.2, 0) is 30.4 Å². The van der Waals surface area contributed by atoms with E-state index in [1.807, 2.05) is 25.3 Å². The summed E-state index contributed by atoms with van der Waals surface area (Å²) in [7, 11) is -9.54. The number of carboxylic acids is 1. The van der Waals surface area contributed by atoms with Gasteiger partial charge in [0.1, 0.15) is 11.4 Å². The first-order valence-corrected chi connectivity index (χ1v) is 12.9. The van der Waals surface area contributed by atoms with Crippen molar-refractivity contribution in [3.05, 3.63) is 29.8 Å². The fraction of sp³-hybridized carbons (Fsp3) is 0.429. The molecule has 1 aliphatic rings. The summed E-state index contributed by atoms with van der Waals surface area (Å²) in [6.07, 6.45) is 0.865. The largest absolute Gasteiger partial charge is 0.481 e. The number of carboxylic acid groups (broad SMARTS) is 1. The van der Waals surface area contributed by atoms with Crippen LogP contribution in [0.2, 0.25) is 0 Å². The summed E-state index contributed by atoms with van der Waals surface area (Å²) in [4.78, 5) is 10.2. The number of nitrogens with zero attached hydrogens (tertiary/aromatic N) is 1. The van der Waals surface area contributed by atoms with E-state index in [1.54, 1.807) is 13.0 Å². The van der Waals surface area contributed by atoms with Crippen molar-refractivity contribution in [2.45, 2.75) is 55.7 Å². The zero-order chi connectivity index (χ0) is 24.2. The molecule has 0 saturated heterocycles. The Morgan fingerprint density at radius 3 is 2.19 bits per heavy atom. The van der Waals surface area contributed by atoms with E-state index >= 15 is 0 Å². The molecule has 0 aliphatic carbocycles. The molecular formula is C21H26NO8S2+. The first-order chi connectivity index (χ1) is 14.6. The van der Waals surface area contributed by atoms with E-state index in [-0.39, 0.29) is 10.8 Å². The standard InChI is InChI=1S/C21H25NO8S2/c1-5-13(20(23)24)8-9-22-12(2)21(3,4)19-16-10-14(31(25,26)27)11-18(32(28,29)30)15(16)6-7-17(19)22/h6-7,10-11,13H,5,8-9H2,1-4H3,(H2-,23,24,25,26,27,28,29,30)/p+1. The highest BCUT2D eigenvalue weighted by atomic mass is 32.2. The van der Waals surface area contributed by atoms with Crippen LogP contribution in [0.5, 0.6) is 0 Å². The van der Waals surface area contributed by atoms with Crippen molar-refractivity contribution in [1.29, 1.82) is 0 Å². The first-order valence-electron chi connectivity index (χ1n) is 10.0. The van der Waals surface area contributed by atoms with Gasteiger partial charge in [-0.05, 0) is 43.9 Å². The monoisotopic (exact) mass is 484 g/mol. The second-order valence-corrected chi connectivity index (χ2v) is 11.3. The second kappa shape index (κ2) is 7.91. The Kier molecular flexibility index (Phi) is 6.01. The summed E-state index contributed by atoms with van der Waals surface area (Å²) in [6, 6.07) is 5.08. The van der Waals surface area contributed by atoms with Crippen LogP contribution in [0.1, 0.15) is 46.1 Å². The molecule has 3 rings (SSSR count). The van der Waals surface area contributed by atoms with Gasteiger partial charge in [-0.2, -0.15) is 21.4 Å². The van der Waals surface area contributed by atoms with Crippen LogP contribution in [0.4, 0.5) is 5.69 Å². The average Bonchev–Trinajstić information content (AvgIpc) is 2.86. The van der Waals surface area contributed by atoms with E-state index in [2.05, 4.69) is 0 Å². The van der Waals surface area contributed by atoms with E-state index in [4.69, 9.17) is 0 Å². The lowest BCUT2D eigenvalue weighted by Gasteiger charge is -2.18. The van der Waals surface area contributed by atoms with Crippen molar-refractivity contribution < 1.29 is 40.4 Å². The molecule has 0 aromatic heterocycles. The van der Waals surface area contributed by atoms with Crippen LogP contribution in [0.3, 0.4) is 0 Å². The lowest BCUT2D eigenvalue weighted by molar-refractivity contribution is -0.440. The lowest BCUT2D eigenvalue weighted by atomic mass is 9.80. The molecule has 0 radical (unpaired) electrons. The quantitative estimate of drug-likeness (QED) is 0.400. The summed E-state index contributed by atoms with van der Waals surface area (Å²) in [6.45, 7) is 7.87. The van der Waals surface area contributed by atoms with Crippen LogP contribution in [0, 0.1) is 5.92 Å². The number of hydrogen-bond acceptors (Lipinski definition) is 5. The van der Waals surface area contributed by atoms with Crippen LogP contribution in [-0.4, -0.2) is 53.8 Å². The van der Waals surface area contributed by atoms with Crippen molar-refractivity contribution in [2.75, 3.05) is 6.54 Å². The van der Waals surface area contributed by atoms with Crippen molar-refractivity contribution in [3.8, 4) is 0 Å². The summed E-state index contributed by atoms with van der Waals surface area (Å²) in [5, 5.41) is 9.77. The maximum absolute atomic E-state index is 12.0. The molecule has 174 valence electrons. The zero-order valence-corrected chi connectivity index (χ0v) is 19.8. The Labute approximate surface area is 186 Å².